The van der Waals surface area contributed by atoms with Crippen LogP contribution in [-0.2, 0) is 13.0 Å². The number of fused-ring (bicyclic) bond motifs is 2. The average molecular weight is 406 g/mol. The number of anilines is 1. The minimum Gasteiger partial charge on any atom is -0.481 e. The van der Waals surface area contributed by atoms with Gasteiger partial charge in [0.1, 0.15) is 12.1 Å². The van der Waals surface area contributed by atoms with E-state index in [2.05, 4.69) is 30.8 Å². The topological polar surface area (TPSA) is 51.1 Å². The summed E-state index contributed by atoms with van der Waals surface area (Å²) in [5.41, 5.74) is 2.87. The van der Waals surface area contributed by atoms with E-state index in [1.165, 1.54) is 0 Å². The van der Waals surface area contributed by atoms with Crippen molar-refractivity contribution < 1.29 is 4.74 Å². The lowest BCUT2D eigenvalue weighted by atomic mass is 10.1. The van der Waals surface area contributed by atoms with Crippen LogP contribution in [0.4, 0.5) is 5.82 Å². The molecule has 0 saturated carbocycles. The number of aromatic nitrogens is 3. The Labute approximate surface area is 152 Å². The zero-order valence-electron chi connectivity index (χ0n) is 13.0. The van der Waals surface area contributed by atoms with Crippen molar-refractivity contribution in [1.82, 2.24) is 15.0 Å². The van der Waals surface area contributed by atoms with Gasteiger partial charge in [0, 0.05) is 22.8 Å². The lowest BCUT2D eigenvalue weighted by Crippen LogP contribution is -2.32. The van der Waals surface area contributed by atoms with Crippen LogP contribution in [0.25, 0.3) is 10.9 Å². The molecule has 0 atom stereocenters. The second-order valence-corrected chi connectivity index (χ2v) is 6.93. The predicted octanol–water partition coefficient (Wildman–Crippen LogP) is 4.01. The van der Waals surface area contributed by atoms with Gasteiger partial charge in [0.05, 0.1) is 35.5 Å². The van der Waals surface area contributed by atoms with E-state index in [1.807, 2.05) is 24.3 Å². The molecule has 7 heteroatoms. The van der Waals surface area contributed by atoms with E-state index in [4.69, 9.17) is 21.3 Å². The Balaban J connectivity index is 1.73. The fraction of sp³-hybridized carbons (Fsp3) is 0.235. The largest absolute Gasteiger partial charge is 0.481 e. The van der Waals surface area contributed by atoms with Crippen molar-refractivity contribution >= 4 is 44.3 Å². The second kappa shape index (κ2) is 6.18. The lowest BCUT2D eigenvalue weighted by molar-refractivity contribution is 0.387. The van der Waals surface area contributed by atoms with E-state index >= 15 is 0 Å². The van der Waals surface area contributed by atoms with Gasteiger partial charge in [-0.2, -0.15) is 0 Å². The van der Waals surface area contributed by atoms with E-state index in [0.717, 1.165) is 45.4 Å². The van der Waals surface area contributed by atoms with E-state index in [9.17, 15) is 0 Å². The summed E-state index contributed by atoms with van der Waals surface area (Å²) in [7, 11) is 1.63. The molecule has 5 nitrogen and oxygen atoms in total. The average Bonchev–Trinajstić information content (AvgIpc) is 2.60. The summed E-state index contributed by atoms with van der Waals surface area (Å²) in [6, 6.07) is 7.94. The third-order valence-electron chi connectivity index (χ3n) is 4.18. The zero-order chi connectivity index (χ0) is 16.7. The second-order valence-electron chi connectivity index (χ2n) is 5.61. The third-order valence-corrected chi connectivity index (χ3v) is 4.92. The Morgan fingerprint density at radius 3 is 2.96 bits per heavy atom. The van der Waals surface area contributed by atoms with Gasteiger partial charge in [-0.25, -0.2) is 15.0 Å². The summed E-state index contributed by atoms with van der Waals surface area (Å²) >= 11 is 9.81. The smallest absolute Gasteiger partial charge is 0.221 e. The summed E-state index contributed by atoms with van der Waals surface area (Å²) in [5, 5.41) is 1.65. The number of hydrogen-bond donors (Lipinski definition) is 0. The number of ether oxygens (including phenoxy) is 1. The van der Waals surface area contributed by atoms with Crippen LogP contribution in [-0.4, -0.2) is 28.6 Å². The number of rotatable bonds is 2. The number of hydrogen-bond acceptors (Lipinski definition) is 5. The van der Waals surface area contributed by atoms with Crippen molar-refractivity contribution in [1.29, 1.82) is 0 Å². The molecule has 0 unspecified atom stereocenters. The molecule has 0 saturated heterocycles. The summed E-state index contributed by atoms with van der Waals surface area (Å²) in [5.74, 6) is 1.52. The Bertz CT molecular complexity index is 920. The van der Waals surface area contributed by atoms with Crippen LogP contribution in [0.1, 0.15) is 11.3 Å². The standard InChI is InChI=1S/C17H14BrClN4O/c1-24-17-12-8-23(5-4-14(12)20-9-21-17)15-3-2-10-6-11(18)7-13(19)16(10)22-15/h2-3,6-7,9H,4-5,8H2,1H3. The molecule has 0 fully saturated rings. The van der Waals surface area contributed by atoms with Crippen LogP contribution in [0.2, 0.25) is 5.02 Å². The van der Waals surface area contributed by atoms with Crippen LogP contribution < -0.4 is 9.64 Å². The maximum Gasteiger partial charge on any atom is 0.221 e. The Kier molecular flexibility index (Phi) is 4.02. The number of halogens is 2. The fourth-order valence-electron chi connectivity index (χ4n) is 3.01. The van der Waals surface area contributed by atoms with Crippen molar-refractivity contribution in [3.05, 3.63) is 51.3 Å². The van der Waals surface area contributed by atoms with Crippen molar-refractivity contribution in [2.75, 3.05) is 18.6 Å². The van der Waals surface area contributed by atoms with Crippen molar-refractivity contribution in [2.45, 2.75) is 13.0 Å². The van der Waals surface area contributed by atoms with Gasteiger partial charge < -0.3 is 9.64 Å². The predicted molar refractivity (Wildman–Crippen MR) is 97.8 cm³/mol. The normalized spacial score (nSPS) is 13.9. The zero-order valence-corrected chi connectivity index (χ0v) is 15.3. The Morgan fingerprint density at radius 2 is 2.12 bits per heavy atom. The monoisotopic (exact) mass is 404 g/mol. The van der Waals surface area contributed by atoms with Gasteiger partial charge in [0.15, 0.2) is 0 Å². The lowest BCUT2D eigenvalue weighted by Gasteiger charge is -2.29. The van der Waals surface area contributed by atoms with Crippen LogP contribution in [0, 0.1) is 0 Å². The van der Waals surface area contributed by atoms with Gasteiger partial charge in [0.2, 0.25) is 5.88 Å². The van der Waals surface area contributed by atoms with Crippen LogP contribution in [0.3, 0.4) is 0 Å². The molecule has 122 valence electrons. The first kappa shape index (κ1) is 15.6. The van der Waals surface area contributed by atoms with Gasteiger partial charge >= 0.3 is 0 Å². The molecule has 1 aliphatic heterocycles. The molecule has 24 heavy (non-hydrogen) atoms. The molecular formula is C17H14BrClN4O. The summed E-state index contributed by atoms with van der Waals surface area (Å²) in [4.78, 5) is 15.5. The van der Waals surface area contributed by atoms with E-state index in [1.54, 1.807) is 13.4 Å². The Hall–Kier alpha value is -1.92. The van der Waals surface area contributed by atoms with Crippen LogP contribution >= 0.6 is 27.5 Å². The molecular weight excluding hydrogens is 392 g/mol. The molecule has 3 heterocycles. The van der Waals surface area contributed by atoms with Gasteiger partial charge in [-0.15, -0.1) is 0 Å². The molecule has 3 aromatic rings. The molecule has 2 aromatic heterocycles. The quantitative estimate of drug-likeness (QED) is 0.645. The van der Waals surface area contributed by atoms with Crippen LogP contribution in [0.5, 0.6) is 5.88 Å². The highest BCUT2D eigenvalue weighted by molar-refractivity contribution is 9.10. The first-order valence-electron chi connectivity index (χ1n) is 7.53. The van der Waals surface area contributed by atoms with Crippen molar-refractivity contribution in [3.63, 3.8) is 0 Å². The molecule has 4 rings (SSSR count). The third kappa shape index (κ3) is 2.70. The van der Waals surface area contributed by atoms with E-state index < -0.39 is 0 Å². The fourth-order valence-corrected chi connectivity index (χ4v) is 3.89. The molecule has 0 aliphatic carbocycles. The SMILES string of the molecule is COc1ncnc2c1CN(c1ccc3cc(Br)cc(Cl)c3n1)CC2. The van der Waals surface area contributed by atoms with Crippen LogP contribution in [0.15, 0.2) is 35.1 Å². The van der Waals surface area contributed by atoms with Gasteiger partial charge in [-0.05, 0) is 24.3 Å². The van der Waals surface area contributed by atoms with Gasteiger partial charge in [-0.3, -0.25) is 0 Å². The number of nitrogens with zero attached hydrogens (tertiary/aromatic N) is 4. The molecule has 0 bridgehead atoms. The molecule has 1 aliphatic rings. The first-order valence-corrected chi connectivity index (χ1v) is 8.70. The summed E-state index contributed by atoms with van der Waals surface area (Å²) in [6.45, 7) is 1.52. The summed E-state index contributed by atoms with van der Waals surface area (Å²) < 4.78 is 6.32. The maximum absolute atomic E-state index is 6.35. The molecule has 0 radical (unpaired) electrons. The number of methoxy groups -OCH3 is 1. The van der Waals surface area contributed by atoms with E-state index in [0.29, 0.717) is 17.4 Å². The first-order chi connectivity index (χ1) is 11.7. The molecule has 0 spiro atoms. The van der Waals surface area contributed by atoms with E-state index in [-0.39, 0.29) is 0 Å². The van der Waals surface area contributed by atoms with Crippen molar-refractivity contribution in [2.24, 2.45) is 0 Å². The van der Waals surface area contributed by atoms with Crippen molar-refractivity contribution in [3.8, 4) is 5.88 Å². The molecule has 1 aromatic carbocycles. The van der Waals surface area contributed by atoms with Gasteiger partial charge in [0.25, 0.3) is 0 Å². The maximum atomic E-state index is 6.35. The number of benzene rings is 1. The highest BCUT2D eigenvalue weighted by Gasteiger charge is 2.22. The number of pyridine rings is 1. The molecule has 0 N–H and O–H groups in total. The minimum absolute atomic E-state index is 0.632. The summed E-state index contributed by atoms with van der Waals surface area (Å²) in [6.07, 6.45) is 2.39. The minimum atomic E-state index is 0.632. The Morgan fingerprint density at radius 1 is 1.25 bits per heavy atom. The highest BCUT2D eigenvalue weighted by Crippen LogP contribution is 2.31. The van der Waals surface area contributed by atoms with Gasteiger partial charge in [-0.1, -0.05) is 27.5 Å². The molecule has 0 amide bonds. The highest BCUT2D eigenvalue weighted by atomic mass is 79.9.